The smallest absolute Gasteiger partial charge is 0.253 e. The van der Waals surface area contributed by atoms with E-state index in [1.54, 1.807) is 28.6 Å². The van der Waals surface area contributed by atoms with Gasteiger partial charge in [0.1, 0.15) is 10.3 Å². The highest BCUT2D eigenvalue weighted by Crippen LogP contribution is 2.35. The number of hydrogen-bond acceptors (Lipinski definition) is 7. The normalized spacial score (nSPS) is 16.8. The van der Waals surface area contributed by atoms with Gasteiger partial charge in [-0.3, -0.25) is 14.7 Å². The van der Waals surface area contributed by atoms with E-state index in [0.29, 0.717) is 30.2 Å². The number of aromatic nitrogens is 2. The minimum atomic E-state index is -3.74. The third kappa shape index (κ3) is 4.26. The average molecular weight is 513 g/mol. The maximum atomic E-state index is 13.9. The number of thiazole rings is 1. The predicted molar refractivity (Wildman–Crippen MR) is 136 cm³/mol. The second-order valence-electron chi connectivity index (χ2n) is 8.35. The Morgan fingerprint density at radius 2 is 2.00 bits per heavy atom. The Hall–Kier alpha value is -2.66. The number of carbonyl (C=O) groups excluding carboxylic acids is 1. The summed E-state index contributed by atoms with van der Waals surface area (Å²) in [5, 5.41) is 2.29. The summed E-state index contributed by atoms with van der Waals surface area (Å²) >= 11 is 2.61. The molecule has 3 aromatic heterocycles. The maximum absolute atomic E-state index is 13.9. The first-order valence-corrected chi connectivity index (χ1v) is 14.1. The molecule has 0 radical (unpaired) electrons. The Bertz CT molecular complexity index is 1390. The van der Waals surface area contributed by atoms with Gasteiger partial charge in [-0.25, -0.2) is 13.4 Å². The van der Waals surface area contributed by atoms with Crippen LogP contribution in [-0.2, 0) is 21.4 Å². The topological polar surface area (TPSA) is 83.5 Å². The molecule has 4 aromatic rings. The van der Waals surface area contributed by atoms with Gasteiger partial charge >= 0.3 is 0 Å². The van der Waals surface area contributed by atoms with Gasteiger partial charge in [0.15, 0.2) is 5.13 Å². The number of sulfonamides is 1. The first-order chi connectivity index (χ1) is 16.3. The van der Waals surface area contributed by atoms with E-state index in [4.69, 9.17) is 4.98 Å². The quantitative estimate of drug-likeness (QED) is 0.372. The van der Waals surface area contributed by atoms with Gasteiger partial charge in [-0.15, -0.1) is 11.3 Å². The van der Waals surface area contributed by atoms with Crippen molar-refractivity contribution >= 4 is 54.0 Å². The molecule has 0 unspecified atom stereocenters. The van der Waals surface area contributed by atoms with Crippen LogP contribution in [0.4, 0.5) is 5.13 Å². The molecule has 1 atom stereocenters. The molecule has 0 N–H and O–H groups in total. The van der Waals surface area contributed by atoms with Crippen LogP contribution in [0.15, 0.2) is 58.3 Å². The van der Waals surface area contributed by atoms with Crippen molar-refractivity contribution in [2.45, 2.75) is 43.5 Å². The van der Waals surface area contributed by atoms with Gasteiger partial charge in [-0.2, -0.15) is 4.31 Å². The molecule has 5 rings (SSSR count). The van der Waals surface area contributed by atoms with E-state index in [1.165, 1.54) is 27.0 Å². The molecule has 1 aromatic carbocycles. The van der Waals surface area contributed by atoms with Gasteiger partial charge in [-0.1, -0.05) is 23.5 Å². The Kier molecular flexibility index (Phi) is 6.24. The fourth-order valence-corrected chi connectivity index (χ4v) is 7.98. The third-order valence-corrected chi connectivity index (χ3v) is 10.4. The third-order valence-electron chi connectivity index (χ3n) is 6.08. The number of fused-ring (bicyclic) bond motifs is 1. The number of benzene rings is 1. The van der Waals surface area contributed by atoms with Gasteiger partial charge in [0.2, 0.25) is 5.91 Å². The van der Waals surface area contributed by atoms with Crippen molar-refractivity contribution in [3.05, 3.63) is 70.9 Å². The highest BCUT2D eigenvalue weighted by Gasteiger charge is 2.42. The lowest BCUT2D eigenvalue weighted by Gasteiger charge is -2.28. The van der Waals surface area contributed by atoms with Crippen LogP contribution in [0.3, 0.4) is 0 Å². The van der Waals surface area contributed by atoms with E-state index < -0.39 is 16.1 Å². The summed E-state index contributed by atoms with van der Waals surface area (Å²) in [6.07, 6.45) is 2.80. The first kappa shape index (κ1) is 23.1. The molecule has 10 heteroatoms. The summed E-state index contributed by atoms with van der Waals surface area (Å²) < 4.78 is 29.2. The van der Waals surface area contributed by atoms with Gasteiger partial charge in [-0.05, 0) is 73.5 Å². The van der Waals surface area contributed by atoms with E-state index in [1.807, 2.05) is 31.2 Å². The molecular weight excluding hydrogens is 488 g/mol. The second-order valence-corrected chi connectivity index (χ2v) is 12.4. The van der Waals surface area contributed by atoms with Crippen molar-refractivity contribution in [2.24, 2.45) is 0 Å². The lowest BCUT2D eigenvalue weighted by Crippen LogP contribution is -2.47. The van der Waals surface area contributed by atoms with Crippen molar-refractivity contribution in [1.82, 2.24) is 14.3 Å². The van der Waals surface area contributed by atoms with Crippen molar-refractivity contribution < 1.29 is 13.2 Å². The van der Waals surface area contributed by atoms with Crippen molar-refractivity contribution in [3.63, 3.8) is 0 Å². The Morgan fingerprint density at radius 3 is 2.74 bits per heavy atom. The molecule has 1 amide bonds. The fourth-order valence-electron chi connectivity index (χ4n) is 4.16. The minimum Gasteiger partial charge on any atom is -0.281 e. The van der Waals surface area contributed by atoms with E-state index in [0.717, 1.165) is 21.3 Å². The Balaban J connectivity index is 1.54. The van der Waals surface area contributed by atoms with Crippen molar-refractivity contribution in [1.29, 1.82) is 0 Å². The minimum absolute atomic E-state index is 0.223. The largest absolute Gasteiger partial charge is 0.281 e. The number of pyridine rings is 1. The van der Waals surface area contributed by atoms with E-state index >= 15 is 0 Å². The molecule has 34 heavy (non-hydrogen) atoms. The van der Waals surface area contributed by atoms with E-state index in [9.17, 15) is 13.2 Å². The molecule has 1 fully saturated rings. The number of thiophene rings is 1. The molecule has 1 saturated heterocycles. The number of anilines is 1. The highest BCUT2D eigenvalue weighted by molar-refractivity contribution is 7.91. The second kappa shape index (κ2) is 9.18. The van der Waals surface area contributed by atoms with Crippen LogP contribution in [-0.4, -0.2) is 41.2 Å². The van der Waals surface area contributed by atoms with Crippen LogP contribution in [0.1, 0.15) is 29.7 Å². The summed E-state index contributed by atoms with van der Waals surface area (Å²) in [6, 6.07) is 12.2. The summed E-state index contributed by atoms with van der Waals surface area (Å²) in [6.45, 7) is 4.64. The van der Waals surface area contributed by atoms with E-state index in [-0.39, 0.29) is 16.7 Å². The molecule has 0 saturated carbocycles. The zero-order valence-corrected chi connectivity index (χ0v) is 21.3. The lowest BCUT2D eigenvalue weighted by molar-refractivity contribution is -0.121. The molecule has 4 heterocycles. The van der Waals surface area contributed by atoms with Gasteiger partial charge in [0.25, 0.3) is 10.0 Å². The number of nitrogens with zero attached hydrogens (tertiary/aromatic N) is 4. The van der Waals surface area contributed by atoms with Gasteiger partial charge in [0, 0.05) is 12.7 Å². The molecule has 7 nitrogen and oxygen atoms in total. The number of amides is 1. The van der Waals surface area contributed by atoms with Crippen molar-refractivity contribution in [2.75, 3.05) is 11.4 Å². The maximum Gasteiger partial charge on any atom is 0.253 e. The monoisotopic (exact) mass is 512 g/mol. The Morgan fingerprint density at radius 1 is 1.18 bits per heavy atom. The van der Waals surface area contributed by atoms with Crippen LogP contribution in [0.5, 0.6) is 0 Å². The molecule has 176 valence electrons. The first-order valence-electron chi connectivity index (χ1n) is 11.0. The standard InChI is InChI=1S/C24H24N4O3S3/c1-16-13-19-21(14-17(16)2)33-24(26-19)27(15-18-7-3-4-10-25-18)23(29)20-8-5-11-28(20)34(30,31)22-9-6-12-32-22/h3-4,6-7,9-10,12-14,20H,5,8,11,15H2,1-2H3/t20-/m0/s1. The number of aryl methyl sites for hydroxylation is 2. The zero-order valence-electron chi connectivity index (χ0n) is 18.8. The van der Waals surface area contributed by atoms with Gasteiger partial charge in [0.05, 0.1) is 22.5 Å². The SMILES string of the molecule is Cc1cc2nc(N(Cc3ccccn3)C(=O)[C@@H]3CCCN3S(=O)(=O)c3cccs3)sc2cc1C. The van der Waals surface area contributed by atoms with Crippen LogP contribution in [0.25, 0.3) is 10.2 Å². The summed E-state index contributed by atoms with van der Waals surface area (Å²) in [4.78, 5) is 24.7. The highest BCUT2D eigenvalue weighted by atomic mass is 32.2. The fraction of sp³-hybridized carbons (Fsp3) is 0.292. The van der Waals surface area contributed by atoms with Crippen molar-refractivity contribution in [3.8, 4) is 0 Å². The number of rotatable bonds is 6. The van der Waals surface area contributed by atoms with E-state index in [2.05, 4.69) is 18.0 Å². The molecule has 0 spiro atoms. The molecule has 1 aliphatic heterocycles. The number of carbonyl (C=O) groups is 1. The number of hydrogen-bond donors (Lipinski definition) is 0. The Labute approximate surface area is 206 Å². The summed E-state index contributed by atoms with van der Waals surface area (Å²) in [5.74, 6) is -0.268. The summed E-state index contributed by atoms with van der Waals surface area (Å²) in [5.41, 5.74) is 3.84. The van der Waals surface area contributed by atoms with Crippen LogP contribution >= 0.6 is 22.7 Å². The molecule has 0 aliphatic carbocycles. The van der Waals surface area contributed by atoms with Gasteiger partial charge < -0.3 is 0 Å². The summed E-state index contributed by atoms with van der Waals surface area (Å²) in [7, 11) is -3.74. The zero-order chi connectivity index (χ0) is 23.9. The predicted octanol–water partition coefficient (Wildman–Crippen LogP) is 4.76. The van der Waals surface area contributed by atoms with Crippen LogP contribution in [0.2, 0.25) is 0 Å². The molecular formula is C24H24N4O3S3. The molecule has 0 bridgehead atoms. The van der Waals surface area contributed by atoms with Crippen LogP contribution < -0.4 is 4.90 Å². The average Bonchev–Trinajstić information content (AvgIpc) is 3.59. The molecule has 1 aliphatic rings. The van der Waals surface area contributed by atoms with Crippen LogP contribution in [0, 0.1) is 13.8 Å². The lowest BCUT2D eigenvalue weighted by atomic mass is 10.1.